The highest BCUT2D eigenvalue weighted by Crippen LogP contribution is 2.23. The number of aromatic carboxylic acids is 1. The lowest BCUT2D eigenvalue weighted by atomic mass is 10.2. The first-order chi connectivity index (χ1) is 9.79. The lowest BCUT2D eigenvalue weighted by molar-refractivity contribution is 0.0692. The smallest absolute Gasteiger partial charge is 0.337 e. The van der Waals surface area contributed by atoms with Gasteiger partial charge in [0.25, 0.3) is 10.0 Å². The van der Waals surface area contributed by atoms with Crippen molar-refractivity contribution in [2.24, 2.45) is 0 Å². The van der Waals surface area contributed by atoms with Crippen molar-refractivity contribution in [2.45, 2.75) is 4.90 Å². The van der Waals surface area contributed by atoms with Crippen LogP contribution in [-0.4, -0.2) is 24.5 Å². The second-order valence-corrected chi connectivity index (χ2v) is 6.07. The normalized spacial score (nSPS) is 11.1. The molecule has 9 heteroatoms. The number of aromatic nitrogens is 1. The molecule has 1 aromatic carbocycles. The Kier molecular flexibility index (Phi) is 4.01. The second kappa shape index (κ2) is 5.58. The van der Waals surface area contributed by atoms with Gasteiger partial charge in [-0.25, -0.2) is 18.2 Å². The van der Waals surface area contributed by atoms with Crippen LogP contribution in [0, 0.1) is 0 Å². The number of nitrogens with one attached hydrogen (secondary N) is 1. The molecule has 0 saturated heterocycles. The molecule has 2 aromatic rings. The van der Waals surface area contributed by atoms with Crippen LogP contribution in [0.1, 0.15) is 10.4 Å². The van der Waals surface area contributed by atoms with Gasteiger partial charge in [0.1, 0.15) is 10.0 Å². The minimum atomic E-state index is -4.13. The van der Waals surface area contributed by atoms with E-state index >= 15 is 0 Å². The number of carboxylic acid groups (broad SMARTS) is 1. The molecule has 0 amide bonds. The summed E-state index contributed by atoms with van der Waals surface area (Å²) in [6.45, 7) is 0. The van der Waals surface area contributed by atoms with Crippen molar-refractivity contribution >= 4 is 39.0 Å². The Morgan fingerprint density at radius 1 is 1.29 bits per heavy atom. The van der Waals surface area contributed by atoms with Gasteiger partial charge in [0.2, 0.25) is 0 Å². The predicted octanol–water partition coefficient (Wildman–Crippen LogP) is 1.82. The minimum absolute atomic E-state index is 0.0984. The van der Waals surface area contributed by atoms with Crippen LogP contribution in [0.3, 0.4) is 0 Å². The maximum Gasteiger partial charge on any atom is 0.337 e. The van der Waals surface area contributed by atoms with Gasteiger partial charge in [-0.1, -0.05) is 11.6 Å². The van der Waals surface area contributed by atoms with Crippen molar-refractivity contribution in [3.8, 4) is 0 Å². The summed E-state index contributed by atoms with van der Waals surface area (Å²) in [6.07, 6.45) is 1.32. The second-order valence-electron chi connectivity index (χ2n) is 4.03. The summed E-state index contributed by atoms with van der Waals surface area (Å²) in [5, 5.41) is 9.16. The van der Waals surface area contributed by atoms with Gasteiger partial charge in [-0.2, -0.15) is 0 Å². The number of anilines is 2. The molecule has 0 aliphatic heterocycles. The Labute approximate surface area is 125 Å². The van der Waals surface area contributed by atoms with Gasteiger partial charge >= 0.3 is 5.97 Å². The van der Waals surface area contributed by atoms with E-state index in [1.807, 2.05) is 0 Å². The number of nitrogens with zero attached hydrogens (tertiary/aromatic N) is 1. The monoisotopic (exact) mass is 327 g/mol. The molecule has 0 unspecified atom stereocenters. The summed E-state index contributed by atoms with van der Waals surface area (Å²) < 4.78 is 26.8. The predicted molar refractivity (Wildman–Crippen MR) is 77.9 cm³/mol. The van der Waals surface area contributed by atoms with Crippen molar-refractivity contribution in [3.63, 3.8) is 0 Å². The fourth-order valence-electron chi connectivity index (χ4n) is 1.61. The largest absolute Gasteiger partial charge is 0.478 e. The van der Waals surface area contributed by atoms with E-state index in [1.165, 1.54) is 24.4 Å². The van der Waals surface area contributed by atoms with Gasteiger partial charge in [0, 0.05) is 11.9 Å². The topological polar surface area (TPSA) is 122 Å². The Hall–Kier alpha value is -2.32. The molecule has 1 heterocycles. The average molecular weight is 328 g/mol. The van der Waals surface area contributed by atoms with E-state index in [0.29, 0.717) is 0 Å². The van der Waals surface area contributed by atoms with E-state index in [9.17, 15) is 13.2 Å². The van der Waals surface area contributed by atoms with Gasteiger partial charge in [0.15, 0.2) is 0 Å². The van der Waals surface area contributed by atoms with Crippen LogP contribution >= 0.6 is 11.6 Å². The van der Waals surface area contributed by atoms with Gasteiger partial charge in [0.05, 0.1) is 11.3 Å². The third kappa shape index (κ3) is 3.41. The van der Waals surface area contributed by atoms with Crippen molar-refractivity contribution in [1.82, 2.24) is 4.98 Å². The molecule has 7 nitrogen and oxygen atoms in total. The summed E-state index contributed by atoms with van der Waals surface area (Å²) in [5.41, 5.74) is 5.44. The number of hydrogen-bond acceptors (Lipinski definition) is 5. The van der Waals surface area contributed by atoms with Crippen LogP contribution in [0.4, 0.5) is 11.4 Å². The molecule has 0 aliphatic rings. The number of hydrogen-bond donors (Lipinski definition) is 3. The zero-order chi connectivity index (χ0) is 15.6. The zero-order valence-electron chi connectivity index (χ0n) is 10.4. The number of carboxylic acids is 1. The fourth-order valence-corrected chi connectivity index (χ4v) is 3.07. The molecule has 0 aliphatic carbocycles. The minimum Gasteiger partial charge on any atom is -0.478 e. The van der Waals surface area contributed by atoms with E-state index in [-0.39, 0.29) is 22.1 Å². The summed E-state index contributed by atoms with van der Waals surface area (Å²) in [6, 6.07) is 6.20. The quantitative estimate of drug-likeness (QED) is 0.581. The van der Waals surface area contributed by atoms with Gasteiger partial charge in [-0.05, 0) is 30.3 Å². The SMILES string of the molecule is Nc1ccc(C(=O)O)c(S(=O)(=O)Nc2ccnc(Cl)c2)c1. The van der Waals surface area contributed by atoms with Crippen molar-refractivity contribution in [1.29, 1.82) is 0 Å². The highest BCUT2D eigenvalue weighted by atomic mass is 35.5. The first-order valence-corrected chi connectivity index (χ1v) is 7.43. The molecule has 0 spiro atoms. The van der Waals surface area contributed by atoms with E-state index in [2.05, 4.69) is 9.71 Å². The molecule has 0 radical (unpaired) electrons. The maximum absolute atomic E-state index is 12.3. The van der Waals surface area contributed by atoms with Crippen molar-refractivity contribution in [2.75, 3.05) is 10.5 Å². The zero-order valence-corrected chi connectivity index (χ0v) is 12.0. The molecular formula is C12H10ClN3O4S. The number of halogens is 1. The molecule has 110 valence electrons. The van der Waals surface area contributed by atoms with Crippen LogP contribution < -0.4 is 10.5 Å². The first kappa shape index (κ1) is 15.1. The summed E-state index contributed by atoms with van der Waals surface area (Å²) >= 11 is 5.67. The van der Waals surface area contributed by atoms with Crippen LogP contribution in [0.25, 0.3) is 0 Å². The highest BCUT2D eigenvalue weighted by molar-refractivity contribution is 7.92. The third-order valence-electron chi connectivity index (χ3n) is 2.50. The summed E-state index contributed by atoms with van der Waals surface area (Å²) in [4.78, 5) is 14.4. The molecule has 1 aromatic heterocycles. The molecular weight excluding hydrogens is 318 g/mol. The van der Waals surface area contributed by atoms with Gasteiger partial charge < -0.3 is 10.8 Å². The number of nitrogen functional groups attached to an aromatic ring is 1. The number of pyridine rings is 1. The first-order valence-electron chi connectivity index (χ1n) is 5.57. The van der Waals surface area contributed by atoms with Crippen LogP contribution in [0.5, 0.6) is 0 Å². The highest BCUT2D eigenvalue weighted by Gasteiger charge is 2.22. The van der Waals surface area contributed by atoms with E-state index < -0.39 is 20.9 Å². The Morgan fingerprint density at radius 3 is 2.62 bits per heavy atom. The van der Waals surface area contributed by atoms with E-state index in [0.717, 1.165) is 12.1 Å². The summed E-state index contributed by atoms with van der Waals surface area (Å²) in [7, 11) is -4.13. The lowest BCUT2D eigenvalue weighted by Gasteiger charge is -2.11. The Balaban J connectivity index is 2.49. The standard InChI is InChI=1S/C12H10ClN3O4S/c13-11-6-8(3-4-15-11)16-21(19,20)10-5-7(14)1-2-9(10)12(17)18/h1-6H,14H2,(H,15,16)(H,17,18). The maximum atomic E-state index is 12.3. The van der Waals surface area contributed by atoms with Crippen LogP contribution in [-0.2, 0) is 10.0 Å². The van der Waals surface area contributed by atoms with Gasteiger partial charge in [-0.3, -0.25) is 4.72 Å². The fraction of sp³-hybridized carbons (Fsp3) is 0. The molecule has 2 rings (SSSR count). The number of rotatable bonds is 4. The average Bonchev–Trinajstić information content (AvgIpc) is 2.37. The molecule has 0 saturated carbocycles. The number of carbonyl (C=O) groups is 1. The number of nitrogens with two attached hydrogens (primary N) is 1. The molecule has 21 heavy (non-hydrogen) atoms. The molecule has 0 fully saturated rings. The summed E-state index contributed by atoms with van der Waals surface area (Å²) in [5.74, 6) is -1.37. The molecule has 0 bridgehead atoms. The number of benzene rings is 1. The molecule has 4 N–H and O–H groups in total. The van der Waals surface area contributed by atoms with Crippen LogP contribution in [0.2, 0.25) is 5.15 Å². The van der Waals surface area contributed by atoms with E-state index in [4.69, 9.17) is 22.4 Å². The number of sulfonamides is 1. The van der Waals surface area contributed by atoms with Gasteiger partial charge in [-0.15, -0.1) is 0 Å². The Morgan fingerprint density at radius 2 is 2.00 bits per heavy atom. The van der Waals surface area contributed by atoms with Crippen LogP contribution in [0.15, 0.2) is 41.4 Å². The van der Waals surface area contributed by atoms with Crippen molar-refractivity contribution < 1.29 is 18.3 Å². The van der Waals surface area contributed by atoms with E-state index in [1.54, 1.807) is 0 Å². The van der Waals surface area contributed by atoms with Crippen molar-refractivity contribution in [3.05, 3.63) is 47.2 Å². The Bertz CT molecular complexity index is 808. The molecule has 0 atom stereocenters. The lowest BCUT2D eigenvalue weighted by Crippen LogP contribution is -2.17. The third-order valence-corrected chi connectivity index (χ3v) is 4.13.